The van der Waals surface area contributed by atoms with Gasteiger partial charge in [0, 0.05) is 22.7 Å². The average Bonchev–Trinajstić information content (AvgIpc) is 2.32. The van der Waals surface area contributed by atoms with Gasteiger partial charge in [-0.05, 0) is 54.0 Å². The van der Waals surface area contributed by atoms with Crippen LogP contribution in [0.1, 0.15) is 28.8 Å². The lowest BCUT2D eigenvalue weighted by Crippen LogP contribution is -2.45. The largest absolute Gasteiger partial charge is 0.337 e. The summed E-state index contributed by atoms with van der Waals surface area (Å²) in [6, 6.07) is 6.00. The highest BCUT2D eigenvalue weighted by atomic mass is 127. The summed E-state index contributed by atoms with van der Waals surface area (Å²) in [6.07, 6.45) is 2.03. The Morgan fingerprint density at radius 1 is 1.53 bits per heavy atom. The van der Waals surface area contributed by atoms with Crippen LogP contribution >= 0.6 is 22.6 Å². The smallest absolute Gasteiger partial charge is 0.254 e. The summed E-state index contributed by atoms with van der Waals surface area (Å²) >= 11 is 2.24. The predicted molar refractivity (Wildman–Crippen MR) is 77.0 cm³/mol. The Morgan fingerprint density at radius 3 is 3.00 bits per heavy atom. The first-order chi connectivity index (χ1) is 8.09. The summed E-state index contributed by atoms with van der Waals surface area (Å²) in [4.78, 5) is 14.3. The first-order valence-electron chi connectivity index (χ1n) is 5.89. The Balaban J connectivity index is 2.22. The summed E-state index contributed by atoms with van der Waals surface area (Å²) in [5.41, 5.74) is 7.87. The molecule has 1 heterocycles. The minimum Gasteiger partial charge on any atom is -0.337 e. The molecule has 17 heavy (non-hydrogen) atoms. The third-order valence-electron chi connectivity index (χ3n) is 3.17. The summed E-state index contributed by atoms with van der Waals surface area (Å²) in [6.45, 7) is 3.54. The van der Waals surface area contributed by atoms with Crippen molar-refractivity contribution in [2.45, 2.75) is 25.8 Å². The molecule has 1 amide bonds. The van der Waals surface area contributed by atoms with Gasteiger partial charge in [-0.1, -0.05) is 12.1 Å². The summed E-state index contributed by atoms with van der Waals surface area (Å²) in [5.74, 6) is 0.119. The van der Waals surface area contributed by atoms with Crippen LogP contribution in [-0.4, -0.2) is 29.9 Å². The molecule has 0 bridgehead atoms. The summed E-state index contributed by atoms with van der Waals surface area (Å²) < 4.78 is 1.05. The van der Waals surface area contributed by atoms with Gasteiger partial charge in [0.2, 0.25) is 0 Å². The van der Waals surface area contributed by atoms with E-state index in [0.29, 0.717) is 6.54 Å². The first kappa shape index (κ1) is 12.8. The minimum atomic E-state index is 0.119. The van der Waals surface area contributed by atoms with Gasteiger partial charge in [0.15, 0.2) is 0 Å². The molecule has 0 aliphatic carbocycles. The van der Waals surface area contributed by atoms with Crippen molar-refractivity contribution in [2.24, 2.45) is 5.73 Å². The number of nitrogens with zero attached hydrogens (tertiary/aromatic N) is 1. The molecule has 4 heteroatoms. The molecular weight excluding hydrogens is 327 g/mol. The monoisotopic (exact) mass is 344 g/mol. The number of carbonyl (C=O) groups excluding carboxylic acids is 1. The lowest BCUT2D eigenvalue weighted by atomic mass is 10.0. The van der Waals surface area contributed by atoms with Crippen LogP contribution in [0.5, 0.6) is 0 Å². The number of amides is 1. The fourth-order valence-corrected chi connectivity index (χ4v) is 2.77. The standard InChI is InChI=1S/C13H17IN2O/c1-9-4-2-6-11(12(9)14)13(17)16-7-3-5-10(15)8-16/h2,4,6,10H,3,5,7-8,15H2,1H3/t10-/m1/s1. The fourth-order valence-electron chi connectivity index (χ4n) is 2.18. The molecule has 1 atom stereocenters. The van der Waals surface area contributed by atoms with Gasteiger partial charge < -0.3 is 10.6 Å². The van der Waals surface area contributed by atoms with Crippen LogP contribution in [0.3, 0.4) is 0 Å². The normalized spacial score (nSPS) is 20.4. The van der Waals surface area contributed by atoms with Crippen molar-refractivity contribution in [1.29, 1.82) is 0 Å². The van der Waals surface area contributed by atoms with Crippen molar-refractivity contribution in [1.82, 2.24) is 4.90 Å². The van der Waals surface area contributed by atoms with Crippen LogP contribution in [0.2, 0.25) is 0 Å². The molecule has 1 aliphatic rings. The Morgan fingerprint density at radius 2 is 2.29 bits per heavy atom. The molecule has 0 spiro atoms. The van der Waals surface area contributed by atoms with E-state index in [1.807, 2.05) is 30.0 Å². The molecule has 1 aromatic rings. The quantitative estimate of drug-likeness (QED) is 0.794. The third kappa shape index (κ3) is 2.80. The first-order valence-corrected chi connectivity index (χ1v) is 6.97. The van der Waals surface area contributed by atoms with E-state index in [1.165, 1.54) is 0 Å². The lowest BCUT2D eigenvalue weighted by molar-refractivity contribution is 0.0707. The number of nitrogens with two attached hydrogens (primary N) is 1. The Kier molecular flexibility index (Phi) is 4.04. The average molecular weight is 344 g/mol. The van der Waals surface area contributed by atoms with Crippen molar-refractivity contribution in [3.8, 4) is 0 Å². The molecule has 3 nitrogen and oxygen atoms in total. The van der Waals surface area contributed by atoms with E-state index in [0.717, 1.165) is 34.1 Å². The summed E-state index contributed by atoms with van der Waals surface area (Å²) in [7, 11) is 0. The number of piperidine rings is 1. The van der Waals surface area contributed by atoms with Gasteiger partial charge in [0.1, 0.15) is 0 Å². The molecule has 0 unspecified atom stereocenters. The number of benzene rings is 1. The Labute approximate surface area is 116 Å². The molecule has 1 fully saturated rings. The molecule has 1 saturated heterocycles. The van der Waals surface area contributed by atoms with Gasteiger partial charge in [-0.3, -0.25) is 4.79 Å². The van der Waals surface area contributed by atoms with Gasteiger partial charge in [0.25, 0.3) is 5.91 Å². The van der Waals surface area contributed by atoms with E-state index in [4.69, 9.17) is 5.73 Å². The van der Waals surface area contributed by atoms with Gasteiger partial charge >= 0.3 is 0 Å². The second-order valence-corrected chi connectivity index (χ2v) is 5.67. The number of likely N-dealkylation sites (tertiary alicyclic amines) is 1. The maximum atomic E-state index is 12.4. The molecule has 0 radical (unpaired) electrons. The highest BCUT2D eigenvalue weighted by Gasteiger charge is 2.23. The molecule has 2 N–H and O–H groups in total. The predicted octanol–water partition coefficient (Wildman–Crippen LogP) is 2.16. The fraction of sp³-hybridized carbons (Fsp3) is 0.462. The van der Waals surface area contributed by atoms with E-state index < -0.39 is 0 Å². The van der Waals surface area contributed by atoms with Crippen molar-refractivity contribution in [3.05, 3.63) is 32.9 Å². The molecule has 0 aromatic heterocycles. The topological polar surface area (TPSA) is 46.3 Å². The highest BCUT2D eigenvalue weighted by molar-refractivity contribution is 14.1. The minimum absolute atomic E-state index is 0.119. The number of hydrogen-bond donors (Lipinski definition) is 1. The van der Waals surface area contributed by atoms with Gasteiger partial charge in [-0.25, -0.2) is 0 Å². The van der Waals surface area contributed by atoms with Crippen LogP contribution in [0.4, 0.5) is 0 Å². The maximum Gasteiger partial charge on any atom is 0.254 e. The SMILES string of the molecule is Cc1cccc(C(=O)N2CCC[C@@H](N)C2)c1I. The van der Waals surface area contributed by atoms with Crippen molar-refractivity contribution in [2.75, 3.05) is 13.1 Å². The zero-order valence-corrected chi connectivity index (χ0v) is 12.1. The van der Waals surface area contributed by atoms with Gasteiger partial charge in [-0.2, -0.15) is 0 Å². The van der Waals surface area contributed by atoms with Crippen molar-refractivity contribution < 1.29 is 4.79 Å². The second kappa shape index (κ2) is 5.35. The number of rotatable bonds is 1. The van der Waals surface area contributed by atoms with Gasteiger partial charge in [-0.15, -0.1) is 0 Å². The highest BCUT2D eigenvalue weighted by Crippen LogP contribution is 2.20. The number of halogens is 1. The molecular formula is C13H17IN2O. The van der Waals surface area contributed by atoms with Crippen LogP contribution in [0, 0.1) is 10.5 Å². The second-order valence-electron chi connectivity index (χ2n) is 4.59. The number of hydrogen-bond acceptors (Lipinski definition) is 2. The van der Waals surface area contributed by atoms with E-state index in [-0.39, 0.29) is 11.9 Å². The van der Waals surface area contributed by atoms with Crippen molar-refractivity contribution in [3.63, 3.8) is 0 Å². The maximum absolute atomic E-state index is 12.4. The van der Waals surface area contributed by atoms with E-state index >= 15 is 0 Å². The third-order valence-corrected chi connectivity index (χ3v) is 4.60. The number of aryl methyl sites for hydroxylation is 1. The van der Waals surface area contributed by atoms with Gasteiger partial charge in [0.05, 0.1) is 5.56 Å². The van der Waals surface area contributed by atoms with Crippen LogP contribution in [0.25, 0.3) is 0 Å². The van der Waals surface area contributed by atoms with Crippen LogP contribution < -0.4 is 5.73 Å². The summed E-state index contributed by atoms with van der Waals surface area (Å²) in [5, 5.41) is 0. The van der Waals surface area contributed by atoms with E-state index in [2.05, 4.69) is 22.6 Å². The van der Waals surface area contributed by atoms with Crippen LogP contribution in [0.15, 0.2) is 18.2 Å². The Hall–Kier alpha value is -0.620. The van der Waals surface area contributed by atoms with Crippen molar-refractivity contribution >= 4 is 28.5 Å². The van der Waals surface area contributed by atoms with Crippen LogP contribution in [-0.2, 0) is 0 Å². The van der Waals surface area contributed by atoms with E-state index in [1.54, 1.807) is 0 Å². The molecule has 2 rings (SSSR count). The lowest BCUT2D eigenvalue weighted by Gasteiger charge is -2.31. The van der Waals surface area contributed by atoms with E-state index in [9.17, 15) is 4.79 Å². The Bertz CT molecular complexity index is 433. The molecule has 1 aromatic carbocycles. The molecule has 1 aliphatic heterocycles. The zero-order chi connectivity index (χ0) is 12.4. The zero-order valence-electron chi connectivity index (χ0n) is 9.95. The molecule has 92 valence electrons. The number of carbonyl (C=O) groups is 1. The molecule has 0 saturated carbocycles.